The Labute approximate surface area is 225 Å². The first kappa shape index (κ1) is 26.8. The lowest BCUT2D eigenvalue weighted by Gasteiger charge is -2.11. The van der Waals surface area contributed by atoms with Crippen LogP contribution < -0.4 is 19.6 Å². The second kappa shape index (κ2) is 12.8. The summed E-state index contributed by atoms with van der Waals surface area (Å²) in [5, 5.41) is 3.95. The van der Waals surface area contributed by atoms with Gasteiger partial charge in [-0.05, 0) is 85.1 Å². The maximum atomic E-state index is 12.7. The third-order valence-electron chi connectivity index (χ3n) is 5.64. The molecular formula is C31H26N2O6. The molecule has 196 valence electrons. The molecular weight excluding hydrogens is 496 g/mol. The maximum Gasteiger partial charge on any atom is 0.343 e. The van der Waals surface area contributed by atoms with Gasteiger partial charge in [0.15, 0.2) is 18.1 Å². The van der Waals surface area contributed by atoms with Gasteiger partial charge in [-0.1, -0.05) is 42.5 Å². The molecule has 0 radical (unpaired) electrons. The first-order valence-corrected chi connectivity index (χ1v) is 12.1. The summed E-state index contributed by atoms with van der Waals surface area (Å²) in [5.41, 5.74) is 5.74. The Morgan fingerprint density at radius 2 is 1.33 bits per heavy atom. The number of amides is 1. The van der Waals surface area contributed by atoms with Crippen LogP contribution in [0.25, 0.3) is 0 Å². The average Bonchev–Trinajstić information content (AvgIpc) is 2.96. The molecule has 8 nitrogen and oxygen atoms in total. The summed E-state index contributed by atoms with van der Waals surface area (Å²) in [6.07, 6.45) is 1.37. The maximum absolute atomic E-state index is 12.7. The van der Waals surface area contributed by atoms with Gasteiger partial charge in [0.05, 0.1) is 17.3 Å². The highest BCUT2D eigenvalue weighted by Crippen LogP contribution is 2.30. The second-order valence-corrected chi connectivity index (χ2v) is 8.55. The van der Waals surface area contributed by atoms with Gasteiger partial charge in [-0.3, -0.25) is 4.79 Å². The van der Waals surface area contributed by atoms with Gasteiger partial charge in [0.2, 0.25) is 0 Å². The highest BCUT2D eigenvalue weighted by molar-refractivity contribution is 5.94. The summed E-state index contributed by atoms with van der Waals surface area (Å²) < 4.78 is 16.6. The van der Waals surface area contributed by atoms with Crippen molar-refractivity contribution in [1.29, 1.82) is 0 Å². The number of hydrogen-bond acceptors (Lipinski definition) is 7. The molecule has 0 heterocycles. The van der Waals surface area contributed by atoms with Crippen LogP contribution in [0.5, 0.6) is 17.2 Å². The molecule has 0 atom stereocenters. The van der Waals surface area contributed by atoms with Crippen LogP contribution >= 0.6 is 0 Å². The van der Waals surface area contributed by atoms with E-state index in [1.54, 1.807) is 72.8 Å². The molecule has 0 spiro atoms. The van der Waals surface area contributed by atoms with E-state index in [9.17, 15) is 14.4 Å². The smallest absolute Gasteiger partial charge is 0.343 e. The molecule has 1 N–H and O–H groups in total. The largest absolute Gasteiger partial charge is 0.484 e. The monoisotopic (exact) mass is 522 g/mol. The van der Waals surface area contributed by atoms with E-state index >= 15 is 0 Å². The fourth-order valence-electron chi connectivity index (χ4n) is 3.40. The van der Waals surface area contributed by atoms with Crippen LogP contribution in [0.1, 0.15) is 37.4 Å². The number of nitrogens with one attached hydrogen (secondary N) is 1. The van der Waals surface area contributed by atoms with E-state index in [1.165, 1.54) is 18.3 Å². The van der Waals surface area contributed by atoms with Crippen LogP contribution in [0.3, 0.4) is 0 Å². The van der Waals surface area contributed by atoms with E-state index in [-0.39, 0.29) is 18.1 Å². The minimum Gasteiger partial charge on any atom is -0.484 e. The van der Waals surface area contributed by atoms with E-state index < -0.39 is 17.8 Å². The van der Waals surface area contributed by atoms with Crippen molar-refractivity contribution in [1.82, 2.24) is 5.43 Å². The number of hydrazone groups is 1. The minimum absolute atomic E-state index is 0.0153. The molecule has 8 heteroatoms. The fraction of sp³-hybridized carbons (Fsp3) is 0.0968. The number of carbonyl (C=O) groups excluding carboxylic acids is 3. The van der Waals surface area contributed by atoms with Crippen LogP contribution in [0.4, 0.5) is 0 Å². The molecule has 0 bridgehead atoms. The Hall–Kier alpha value is -5.24. The van der Waals surface area contributed by atoms with E-state index in [0.717, 1.165) is 11.1 Å². The molecule has 0 saturated carbocycles. The molecule has 4 rings (SSSR count). The van der Waals surface area contributed by atoms with Crippen molar-refractivity contribution in [3.8, 4) is 17.2 Å². The van der Waals surface area contributed by atoms with Crippen molar-refractivity contribution < 1.29 is 28.6 Å². The molecule has 0 fully saturated rings. The lowest BCUT2D eigenvalue weighted by atomic mass is 10.1. The quantitative estimate of drug-likeness (QED) is 0.139. The molecule has 0 aliphatic carbocycles. The summed E-state index contributed by atoms with van der Waals surface area (Å²) >= 11 is 0. The number of benzene rings is 4. The van der Waals surface area contributed by atoms with Gasteiger partial charge in [0.1, 0.15) is 5.75 Å². The van der Waals surface area contributed by atoms with Crippen LogP contribution in [-0.2, 0) is 4.79 Å². The normalized spacial score (nSPS) is 10.6. The number of ether oxygens (including phenoxy) is 3. The topological polar surface area (TPSA) is 103 Å². The zero-order valence-electron chi connectivity index (χ0n) is 21.4. The van der Waals surface area contributed by atoms with Crippen molar-refractivity contribution in [2.45, 2.75) is 13.8 Å². The molecule has 4 aromatic rings. The van der Waals surface area contributed by atoms with Crippen molar-refractivity contribution >= 4 is 24.1 Å². The van der Waals surface area contributed by atoms with Gasteiger partial charge in [-0.25, -0.2) is 15.0 Å². The molecule has 0 aliphatic rings. The van der Waals surface area contributed by atoms with E-state index in [1.807, 2.05) is 26.0 Å². The molecule has 1 amide bonds. The first-order chi connectivity index (χ1) is 18.9. The third-order valence-corrected chi connectivity index (χ3v) is 5.64. The number of hydrogen-bond donors (Lipinski definition) is 1. The van der Waals surface area contributed by atoms with Gasteiger partial charge in [0, 0.05) is 0 Å². The van der Waals surface area contributed by atoms with Gasteiger partial charge in [-0.2, -0.15) is 5.10 Å². The van der Waals surface area contributed by atoms with Gasteiger partial charge < -0.3 is 14.2 Å². The Kier molecular flexibility index (Phi) is 8.82. The molecule has 0 unspecified atom stereocenters. The van der Waals surface area contributed by atoms with Crippen molar-refractivity contribution in [3.05, 3.63) is 125 Å². The molecule has 0 aromatic heterocycles. The molecule has 0 saturated heterocycles. The summed E-state index contributed by atoms with van der Waals surface area (Å²) in [6.45, 7) is 3.74. The molecule has 4 aromatic carbocycles. The number of esters is 2. The van der Waals surface area contributed by atoms with E-state index in [4.69, 9.17) is 14.2 Å². The predicted molar refractivity (Wildman–Crippen MR) is 146 cm³/mol. The zero-order chi connectivity index (χ0) is 27.6. The van der Waals surface area contributed by atoms with Crippen LogP contribution in [0.2, 0.25) is 0 Å². The number of carbonyl (C=O) groups is 3. The Morgan fingerprint density at radius 3 is 1.95 bits per heavy atom. The number of rotatable bonds is 9. The van der Waals surface area contributed by atoms with Crippen LogP contribution in [0, 0.1) is 13.8 Å². The predicted octanol–water partition coefficient (Wildman–Crippen LogP) is 5.27. The third kappa shape index (κ3) is 7.62. The Bertz CT molecular complexity index is 1500. The lowest BCUT2D eigenvalue weighted by Crippen LogP contribution is -2.24. The summed E-state index contributed by atoms with van der Waals surface area (Å²) in [7, 11) is 0. The van der Waals surface area contributed by atoms with Crippen molar-refractivity contribution in [2.75, 3.05) is 6.61 Å². The van der Waals surface area contributed by atoms with Gasteiger partial charge >= 0.3 is 11.9 Å². The molecule has 39 heavy (non-hydrogen) atoms. The Morgan fingerprint density at radius 1 is 0.718 bits per heavy atom. The highest BCUT2D eigenvalue weighted by atomic mass is 16.6. The minimum atomic E-state index is -0.626. The van der Waals surface area contributed by atoms with Gasteiger partial charge in [-0.15, -0.1) is 0 Å². The van der Waals surface area contributed by atoms with Crippen molar-refractivity contribution in [3.63, 3.8) is 0 Å². The van der Waals surface area contributed by atoms with Crippen molar-refractivity contribution in [2.24, 2.45) is 5.10 Å². The second-order valence-electron chi connectivity index (χ2n) is 8.55. The summed E-state index contributed by atoms with van der Waals surface area (Å²) in [5.74, 6) is -1.03. The highest BCUT2D eigenvalue weighted by Gasteiger charge is 2.17. The van der Waals surface area contributed by atoms with E-state index in [2.05, 4.69) is 10.5 Å². The number of aryl methyl sites for hydroxylation is 2. The van der Waals surface area contributed by atoms with E-state index in [0.29, 0.717) is 22.4 Å². The molecule has 0 aliphatic heterocycles. The Balaban J connectivity index is 1.45. The first-order valence-electron chi connectivity index (χ1n) is 12.1. The number of nitrogens with zero attached hydrogens (tertiary/aromatic N) is 1. The van der Waals surface area contributed by atoms with Gasteiger partial charge in [0.25, 0.3) is 5.91 Å². The summed E-state index contributed by atoms with van der Waals surface area (Å²) in [4.78, 5) is 37.5. The average molecular weight is 523 g/mol. The standard InChI is InChI=1S/C31H26N2O6/c1-21-13-15-26(17-22(21)2)37-20-29(34)33-32-19-23-14-16-27(38-30(35)24-9-5-3-6-10-24)28(18-23)39-31(36)25-11-7-4-8-12-25/h3-19H,20H2,1-2H3,(H,33,34)/b32-19+. The van der Waals surface area contributed by atoms with Crippen LogP contribution in [-0.4, -0.2) is 30.7 Å². The summed E-state index contributed by atoms with van der Waals surface area (Å²) in [6, 6.07) is 27.0. The fourth-order valence-corrected chi connectivity index (χ4v) is 3.40. The SMILES string of the molecule is Cc1ccc(OCC(=O)N/N=C/c2ccc(OC(=O)c3ccccc3)c(OC(=O)c3ccccc3)c2)cc1C. The lowest BCUT2D eigenvalue weighted by molar-refractivity contribution is -0.123. The van der Waals surface area contributed by atoms with Crippen LogP contribution in [0.15, 0.2) is 102 Å². The zero-order valence-corrected chi connectivity index (χ0v) is 21.4.